The number of carbonyl (C=O) groups is 1. The minimum Gasteiger partial charge on any atom is -0.469 e. The van der Waals surface area contributed by atoms with Crippen molar-refractivity contribution in [1.29, 1.82) is 0 Å². The summed E-state index contributed by atoms with van der Waals surface area (Å²) >= 11 is 0. The fourth-order valence-electron chi connectivity index (χ4n) is 1.57. The van der Waals surface area contributed by atoms with Gasteiger partial charge in [-0.05, 0) is 17.7 Å². The highest BCUT2D eigenvalue weighted by atomic mass is 32.2. The summed E-state index contributed by atoms with van der Waals surface area (Å²) in [5, 5.41) is 0. The number of rotatable bonds is 8. The molecule has 9 heteroatoms. The molecule has 0 aliphatic carbocycles. The van der Waals surface area contributed by atoms with E-state index in [-0.39, 0.29) is 19.5 Å². The van der Waals surface area contributed by atoms with Crippen LogP contribution in [0.3, 0.4) is 0 Å². The van der Waals surface area contributed by atoms with Crippen LogP contribution in [0.1, 0.15) is 12.0 Å². The lowest BCUT2D eigenvalue weighted by molar-refractivity contribution is -0.140. The van der Waals surface area contributed by atoms with Gasteiger partial charge >= 0.3 is 5.97 Å². The van der Waals surface area contributed by atoms with Crippen LogP contribution < -0.4 is 9.62 Å². The van der Waals surface area contributed by atoms with E-state index < -0.39 is 16.2 Å². The lowest BCUT2D eigenvalue weighted by Gasteiger charge is -2.17. The van der Waals surface area contributed by atoms with Crippen LogP contribution >= 0.6 is 0 Å². The van der Waals surface area contributed by atoms with Crippen molar-refractivity contribution in [2.75, 3.05) is 39.7 Å². The molecule has 1 N–H and O–H groups in total. The second-order valence-electron chi connectivity index (χ2n) is 4.89. The predicted octanol–water partition coefficient (Wildman–Crippen LogP) is -0.0231. The van der Waals surface area contributed by atoms with Gasteiger partial charge in [-0.3, -0.25) is 4.79 Å². The molecule has 0 aliphatic rings. The van der Waals surface area contributed by atoms with E-state index in [1.54, 1.807) is 18.3 Å². The molecule has 0 bridgehead atoms. The Morgan fingerprint density at radius 2 is 2.05 bits per heavy atom. The third kappa shape index (κ3) is 5.58. The number of carbonyl (C=O) groups excluding carboxylic acids is 1. The SMILES string of the molecule is COC(=O)CCN(C)S(=O)(=O)NCc1ccnc(N(C)C)c1. The Kier molecular flexibility index (Phi) is 6.72. The molecule has 0 amide bonds. The van der Waals surface area contributed by atoms with Gasteiger partial charge in [-0.15, -0.1) is 0 Å². The van der Waals surface area contributed by atoms with Crippen molar-refractivity contribution in [2.45, 2.75) is 13.0 Å². The molecule has 1 aromatic rings. The van der Waals surface area contributed by atoms with E-state index in [1.165, 1.54) is 14.2 Å². The fraction of sp³-hybridized carbons (Fsp3) is 0.538. The minimum atomic E-state index is -3.65. The molecule has 0 aliphatic heterocycles. The average Bonchev–Trinajstić information content (AvgIpc) is 2.50. The number of nitrogens with one attached hydrogen (secondary N) is 1. The molecule has 1 heterocycles. The monoisotopic (exact) mass is 330 g/mol. The maximum Gasteiger partial charge on any atom is 0.306 e. The van der Waals surface area contributed by atoms with Crippen LogP contribution in [0.15, 0.2) is 18.3 Å². The van der Waals surface area contributed by atoms with Crippen molar-refractivity contribution in [3.63, 3.8) is 0 Å². The molecule has 0 saturated carbocycles. The van der Waals surface area contributed by atoms with Gasteiger partial charge in [0.25, 0.3) is 10.2 Å². The molecule has 22 heavy (non-hydrogen) atoms. The number of ether oxygens (including phenoxy) is 1. The molecule has 0 aromatic carbocycles. The lowest BCUT2D eigenvalue weighted by Crippen LogP contribution is -2.39. The molecule has 1 rings (SSSR count). The summed E-state index contributed by atoms with van der Waals surface area (Å²) in [7, 11) is 2.73. The van der Waals surface area contributed by atoms with Gasteiger partial charge in [0.15, 0.2) is 0 Å². The van der Waals surface area contributed by atoms with Gasteiger partial charge in [-0.25, -0.2) is 4.98 Å². The van der Waals surface area contributed by atoms with E-state index in [1.807, 2.05) is 19.0 Å². The summed E-state index contributed by atoms with van der Waals surface area (Å²) in [6, 6.07) is 3.54. The van der Waals surface area contributed by atoms with E-state index in [2.05, 4.69) is 14.4 Å². The zero-order valence-electron chi connectivity index (χ0n) is 13.2. The number of anilines is 1. The quantitative estimate of drug-likeness (QED) is 0.673. The molecule has 124 valence electrons. The summed E-state index contributed by atoms with van der Waals surface area (Å²) in [5.74, 6) is 0.294. The third-order valence-electron chi connectivity index (χ3n) is 3.00. The molecular formula is C13H22N4O4S. The molecule has 0 spiro atoms. The Balaban J connectivity index is 2.61. The average molecular weight is 330 g/mol. The van der Waals surface area contributed by atoms with Gasteiger partial charge in [-0.1, -0.05) is 0 Å². The van der Waals surface area contributed by atoms with E-state index in [0.717, 1.165) is 15.7 Å². The van der Waals surface area contributed by atoms with Gasteiger partial charge in [-0.2, -0.15) is 17.4 Å². The van der Waals surface area contributed by atoms with Crippen LogP contribution in [0, 0.1) is 0 Å². The number of methoxy groups -OCH3 is 1. The van der Waals surface area contributed by atoms with Crippen molar-refractivity contribution in [3.8, 4) is 0 Å². The van der Waals surface area contributed by atoms with Crippen LogP contribution in [0.4, 0.5) is 5.82 Å². The molecule has 0 unspecified atom stereocenters. The maximum atomic E-state index is 12.1. The number of hydrogen-bond acceptors (Lipinski definition) is 6. The Bertz CT molecular complexity index is 604. The van der Waals surface area contributed by atoms with Gasteiger partial charge in [0.05, 0.1) is 13.5 Å². The van der Waals surface area contributed by atoms with Crippen LogP contribution in [0.25, 0.3) is 0 Å². The lowest BCUT2D eigenvalue weighted by atomic mass is 10.2. The van der Waals surface area contributed by atoms with Gasteiger partial charge in [0.1, 0.15) is 5.82 Å². The van der Waals surface area contributed by atoms with Crippen LogP contribution in [-0.2, 0) is 26.3 Å². The van der Waals surface area contributed by atoms with Crippen LogP contribution in [0.2, 0.25) is 0 Å². The Morgan fingerprint density at radius 1 is 1.36 bits per heavy atom. The van der Waals surface area contributed by atoms with E-state index in [9.17, 15) is 13.2 Å². The number of hydrogen-bond donors (Lipinski definition) is 1. The summed E-state index contributed by atoms with van der Waals surface area (Å²) in [5.41, 5.74) is 0.795. The van der Waals surface area contributed by atoms with Crippen molar-refractivity contribution in [1.82, 2.24) is 14.0 Å². The zero-order valence-corrected chi connectivity index (χ0v) is 14.1. The summed E-state index contributed by atoms with van der Waals surface area (Å²) in [4.78, 5) is 17.0. The Labute approximate surface area is 131 Å². The van der Waals surface area contributed by atoms with Crippen molar-refractivity contribution < 1.29 is 17.9 Å². The first-order chi connectivity index (χ1) is 10.3. The van der Waals surface area contributed by atoms with Gasteiger partial charge in [0.2, 0.25) is 0 Å². The molecule has 0 atom stereocenters. The largest absolute Gasteiger partial charge is 0.469 e. The number of aromatic nitrogens is 1. The van der Waals surface area contributed by atoms with Crippen LogP contribution in [-0.4, -0.2) is 58.5 Å². The summed E-state index contributed by atoms with van der Waals surface area (Å²) in [6.45, 7) is 0.204. The summed E-state index contributed by atoms with van der Waals surface area (Å²) < 4.78 is 32.2. The topological polar surface area (TPSA) is 91.8 Å². The second-order valence-corrected chi connectivity index (χ2v) is 6.75. The van der Waals surface area contributed by atoms with Gasteiger partial charge in [0, 0.05) is 40.4 Å². The summed E-state index contributed by atoms with van der Waals surface area (Å²) in [6.07, 6.45) is 1.63. The fourth-order valence-corrected chi connectivity index (χ4v) is 2.47. The van der Waals surface area contributed by atoms with Crippen molar-refractivity contribution in [2.24, 2.45) is 0 Å². The highest BCUT2D eigenvalue weighted by molar-refractivity contribution is 7.87. The smallest absolute Gasteiger partial charge is 0.306 e. The molecule has 8 nitrogen and oxygen atoms in total. The van der Waals surface area contributed by atoms with Crippen molar-refractivity contribution in [3.05, 3.63) is 23.9 Å². The molecule has 0 fully saturated rings. The number of pyridine rings is 1. The van der Waals surface area contributed by atoms with Gasteiger partial charge < -0.3 is 9.64 Å². The maximum absolute atomic E-state index is 12.1. The number of esters is 1. The van der Waals surface area contributed by atoms with E-state index in [4.69, 9.17) is 0 Å². The second kappa shape index (κ2) is 8.06. The predicted molar refractivity (Wildman–Crippen MR) is 83.6 cm³/mol. The third-order valence-corrected chi connectivity index (χ3v) is 4.51. The zero-order chi connectivity index (χ0) is 16.8. The Hall–Kier alpha value is -1.71. The van der Waals surface area contributed by atoms with Crippen LogP contribution in [0.5, 0.6) is 0 Å². The molecule has 0 saturated heterocycles. The Morgan fingerprint density at radius 3 is 2.64 bits per heavy atom. The first kappa shape index (κ1) is 18.3. The first-order valence-electron chi connectivity index (χ1n) is 6.66. The first-order valence-corrected chi connectivity index (χ1v) is 8.10. The number of nitrogens with zero attached hydrogens (tertiary/aromatic N) is 3. The standard InChI is InChI=1S/C13H22N4O4S/c1-16(2)12-9-11(5-7-14-12)10-15-22(19,20)17(3)8-6-13(18)21-4/h5,7,9,15H,6,8,10H2,1-4H3. The van der Waals surface area contributed by atoms with Crippen molar-refractivity contribution >= 4 is 22.0 Å². The molecule has 0 radical (unpaired) electrons. The highest BCUT2D eigenvalue weighted by Crippen LogP contribution is 2.10. The molecule has 1 aromatic heterocycles. The van der Waals surface area contributed by atoms with E-state index in [0.29, 0.717) is 0 Å². The minimum absolute atomic E-state index is 0.00788. The normalized spacial score (nSPS) is 11.5. The molecular weight excluding hydrogens is 308 g/mol. The van der Waals surface area contributed by atoms with E-state index >= 15 is 0 Å². The highest BCUT2D eigenvalue weighted by Gasteiger charge is 2.18.